The minimum absolute atomic E-state index is 0.484. The normalized spacial score (nSPS) is 36.0. The van der Waals surface area contributed by atoms with E-state index in [1.807, 2.05) is 31.4 Å². The van der Waals surface area contributed by atoms with Crippen molar-refractivity contribution >= 4 is 31.4 Å². The maximum absolute atomic E-state index is 5.06. The molecule has 0 N–H and O–H groups in total. The van der Waals surface area contributed by atoms with Crippen LogP contribution in [0.1, 0.15) is 0 Å². The van der Waals surface area contributed by atoms with Gasteiger partial charge in [0.25, 0.3) is 0 Å². The lowest BCUT2D eigenvalue weighted by Gasteiger charge is -1.92. The molecule has 2 saturated heterocycles. The zero-order chi connectivity index (χ0) is 6.81. The first-order valence-corrected chi connectivity index (χ1v) is 6.85. The van der Waals surface area contributed by atoms with E-state index in [0.29, 0.717) is 11.5 Å². The van der Waals surface area contributed by atoms with Crippen molar-refractivity contribution in [3.8, 4) is 0 Å². The topological polar surface area (TPSA) is 25.1 Å². The smallest absolute Gasteiger partial charge is 0.137 e. The molecule has 2 rings (SSSR count). The maximum Gasteiger partial charge on any atom is 0.137 e. The van der Waals surface area contributed by atoms with Crippen LogP contribution in [0, 0.1) is 0 Å². The SMILES string of the molecule is C1OC1CSSSC1CO1. The monoisotopic (exact) mass is 196 g/mol. The van der Waals surface area contributed by atoms with Gasteiger partial charge in [-0.25, -0.2) is 0 Å². The van der Waals surface area contributed by atoms with Crippen molar-refractivity contribution < 1.29 is 9.47 Å². The molecule has 58 valence electrons. The molecule has 0 radical (unpaired) electrons. The number of epoxide rings is 2. The summed E-state index contributed by atoms with van der Waals surface area (Å²) in [5.41, 5.74) is 0.484. The Bertz CT molecular complexity index is 99.5. The molecule has 0 aromatic heterocycles. The summed E-state index contributed by atoms with van der Waals surface area (Å²) in [4.78, 5) is 0. The predicted molar refractivity (Wildman–Crippen MR) is 47.1 cm³/mol. The van der Waals surface area contributed by atoms with E-state index in [2.05, 4.69) is 0 Å². The maximum atomic E-state index is 5.06. The highest BCUT2D eigenvalue weighted by Crippen LogP contribution is 2.43. The quantitative estimate of drug-likeness (QED) is 0.379. The molecule has 2 fully saturated rings. The summed E-state index contributed by atoms with van der Waals surface area (Å²) in [5.74, 6) is 1.13. The number of rotatable bonds is 5. The van der Waals surface area contributed by atoms with E-state index in [9.17, 15) is 0 Å². The summed E-state index contributed by atoms with van der Waals surface area (Å²) in [6.45, 7) is 1.91. The highest BCUT2D eigenvalue weighted by Gasteiger charge is 2.25. The molecule has 2 aliphatic heterocycles. The number of hydrogen-bond donors (Lipinski definition) is 0. The Hall–Kier alpha value is 0.970. The van der Waals surface area contributed by atoms with Gasteiger partial charge in [0.1, 0.15) is 5.44 Å². The largest absolute Gasteiger partial charge is 0.372 e. The van der Waals surface area contributed by atoms with E-state index >= 15 is 0 Å². The van der Waals surface area contributed by atoms with E-state index in [0.717, 1.165) is 19.0 Å². The van der Waals surface area contributed by atoms with Crippen LogP contribution in [-0.4, -0.2) is 30.5 Å². The minimum atomic E-state index is 0.484. The van der Waals surface area contributed by atoms with Gasteiger partial charge in [-0.15, -0.1) is 0 Å². The van der Waals surface area contributed by atoms with Gasteiger partial charge in [0.15, 0.2) is 0 Å². The van der Waals surface area contributed by atoms with Gasteiger partial charge in [-0.2, -0.15) is 0 Å². The third-order valence-electron chi connectivity index (χ3n) is 1.15. The molecule has 0 amide bonds. The second-order valence-corrected chi connectivity index (χ2v) is 6.51. The highest BCUT2D eigenvalue weighted by atomic mass is 33.5. The summed E-state index contributed by atoms with van der Waals surface area (Å²) in [6.07, 6.45) is 0.554. The molecule has 0 saturated carbocycles. The lowest BCUT2D eigenvalue weighted by atomic mass is 10.6. The van der Waals surface area contributed by atoms with Gasteiger partial charge in [-0.1, -0.05) is 10.8 Å². The average molecular weight is 196 g/mol. The molecule has 2 aliphatic rings. The molecular weight excluding hydrogens is 188 g/mol. The summed E-state index contributed by atoms with van der Waals surface area (Å²) in [7, 11) is 5.50. The standard InChI is InChI=1S/C5H8O2S3/c1-4(6-1)3-8-10-9-5-2-7-5/h4-5H,1-3H2. The van der Waals surface area contributed by atoms with Gasteiger partial charge in [0, 0.05) is 5.75 Å². The van der Waals surface area contributed by atoms with Crippen molar-refractivity contribution in [2.45, 2.75) is 11.5 Å². The molecule has 2 heterocycles. The zero-order valence-electron chi connectivity index (χ0n) is 5.32. The van der Waals surface area contributed by atoms with Crippen molar-refractivity contribution in [2.24, 2.45) is 0 Å². The Morgan fingerprint density at radius 2 is 2.10 bits per heavy atom. The molecule has 0 bridgehead atoms. The molecule has 2 unspecified atom stereocenters. The third kappa shape index (κ3) is 2.92. The van der Waals surface area contributed by atoms with Crippen LogP contribution in [0.15, 0.2) is 0 Å². The Labute approximate surface area is 71.6 Å². The number of ether oxygens (including phenoxy) is 2. The molecule has 0 aromatic carbocycles. The Kier molecular flexibility index (Phi) is 2.72. The van der Waals surface area contributed by atoms with E-state index in [1.165, 1.54) is 0 Å². The number of hydrogen-bond acceptors (Lipinski definition) is 5. The molecule has 0 aromatic rings. The fraction of sp³-hybridized carbons (Fsp3) is 1.00. The fourth-order valence-corrected chi connectivity index (χ4v) is 4.34. The van der Waals surface area contributed by atoms with Gasteiger partial charge >= 0.3 is 0 Å². The van der Waals surface area contributed by atoms with Gasteiger partial charge in [-0.3, -0.25) is 0 Å². The Balaban J connectivity index is 1.40. The Morgan fingerprint density at radius 1 is 1.30 bits per heavy atom. The zero-order valence-corrected chi connectivity index (χ0v) is 7.77. The van der Waals surface area contributed by atoms with Crippen LogP contribution in [-0.2, 0) is 9.47 Å². The van der Waals surface area contributed by atoms with Crippen LogP contribution in [0.3, 0.4) is 0 Å². The summed E-state index contributed by atoms with van der Waals surface area (Å²) in [6, 6.07) is 0. The van der Waals surface area contributed by atoms with Crippen LogP contribution < -0.4 is 0 Å². The molecule has 2 nitrogen and oxygen atoms in total. The lowest BCUT2D eigenvalue weighted by Crippen LogP contribution is -1.84. The first kappa shape index (κ1) is 7.61. The van der Waals surface area contributed by atoms with Gasteiger partial charge < -0.3 is 9.47 Å². The highest BCUT2D eigenvalue weighted by molar-refractivity contribution is 9.09. The summed E-state index contributed by atoms with van der Waals surface area (Å²) >= 11 is 0. The molecule has 5 heteroatoms. The first-order chi connectivity index (χ1) is 4.95. The predicted octanol–water partition coefficient (Wildman–Crippen LogP) is 1.77. The van der Waals surface area contributed by atoms with E-state index < -0.39 is 0 Å². The van der Waals surface area contributed by atoms with Crippen LogP contribution in [0.2, 0.25) is 0 Å². The average Bonchev–Trinajstić information content (AvgIpc) is 2.77. The molecular formula is C5H8O2S3. The third-order valence-corrected chi connectivity index (χ3v) is 5.47. The van der Waals surface area contributed by atoms with Crippen molar-refractivity contribution in [3.05, 3.63) is 0 Å². The molecule has 0 spiro atoms. The molecule has 0 aliphatic carbocycles. The van der Waals surface area contributed by atoms with Crippen molar-refractivity contribution in [2.75, 3.05) is 19.0 Å². The van der Waals surface area contributed by atoms with Crippen LogP contribution in [0.4, 0.5) is 0 Å². The first-order valence-electron chi connectivity index (χ1n) is 3.13. The second-order valence-electron chi connectivity index (χ2n) is 2.17. The van der Waals surface area contributed by atoms with Gasteiger partial charge in [-0.05, 0) is 20.6 Å². The van der Waals surface area contributed by atoms with Crippen LogP contribution >= 0.6 is 31.4 Å². The second kappa shape index (κ2) is 3.58. The van der Waals surface area contributed by atoms with Crippen LogP contribution in [0.5, 0.6) is 0 Å². The van der Waals surface area contributed by atoms with E-state index in [4.69, 9.17) is 9.47 Å². The van der Waals surface area contributed by atoms with E-state index in [1.54, 1.807) is 0 Å². The fourth-order valence-electron chi connectivity index (χ4n) is 0.434. The Morgan fingerprint density at radius 3 is 2.70 bits per heavy atom. The molecule has 2 atom stereocenters. The lowest BCUT2D eigenvalue weighted by molar-refractivity contribution is 0.426. The van der Waals surface area contributed by atoms with Crippen LogP contribution in [0.25, 0.3) is 0 Å². The van der Waals surface area contributed by atoms with E-state index in [-0.39, 0.29) is 0 Å². The van der Waals surface area contributed by atoms with Crippen molar-refractivity contribution in [1.29, 1.82) is 0 Å². The van der Waals surface area contributed by atoms with Crippen molar-refractivity contribution in [1.82, 2.24) is 0 Å². The minimum Gasteiger partial charge on any atom is -0.372 e. The van der Waals surface area contributed by atoms with Gasteiger partial charge in [0.05, 0.1) is 19.3 Å². The summed E-state index contributed by atoms with van der Waals surface area (Å²) in [5, 5.41) is 0. The molecule has 10 heavy (non-hydrogen) atoms. The summed E-state index contributed by atoms with van der Waals surface area (Å²) < 4.78 is 10.1. The van der Waals surface area contributed by atoms with Gasteiger partial charge in [0.2, 0.25) is 0 Å². The van der Waals surface area contributed by atoms with Crippen molar-refractivity contribution in [3.63, 3.8) is 0 Å².